The van der Waals surface area contributed by atoms with Crippen molar-refractivity contribution in [2.75, 3.05) is 13.7 Å². The van der Waals surface area contributed by atoms with Gasteiger partial charge in [0, 0.05) is 29.9 Å². The largest absolute Gasteiger partial charge is 0.485 e. The molecule has 0 fully saturated rings. The molecule has 1 amide bonds. The molecule has 0 saturated heterocycles. The normalized spacial score (nSPS) is 16.8. The number of hydrogen-bond acceptors (Lipinski definition) is 8. The van der Waals surface area contributed by atoms with Gasteiger partial charge in [-0.05, 0) is 108 Å². The summed E-state index contributed by atoms with van der Waals surface area (Å²) in [6, 6.07) is 27.5. The van der Waals surface area contributed by atoms with Crippen molar-refractivity contribution >= 4 is 23.5 Å². The van der Waals surface area contributed by atoms with Gasteiger partial charge in [-0.1, -0.05) is 54.1 Å². The molecule has 260 valence electrons. The predicted octanol–water partition coefficient (Wildman–Crippen LogP) is 7.24. The van der Waals surface area contributed by atoms with E-state index in [2.05, 4.69) is 22.5 Å². The van der Waals surface area contributed by atoms with Crippen LogP contribution in [0.25, 0.3) is 11.1 Å². The number of fused-ring (bicyclic) bond motifs is 2. The summed E-state index contributed by atoms with van der Waals surface area (Å²) >= 11 is 6.08. The van der Waals surface area contributed by atoms with E-state index in [1.165, 1.54) is 7.11 Å². The number of carbonyl (C=O) groups is 2. The van der Waals surface area contributed by atoms with Crippen molar-refractivity contribution in [3.63, 3.8) is 0 Å². The van der Waals surface area contributed by atoms with Crippen molar-refractivity contribution in [3.8, 4) is 34.1 Å². The van der Waals surface area contributed by atoms with Gasteiger partial charge < -0.3 is 29.6 Å². The van der Waals surface area contributed by atoms with E-state index >= 15 is 0 Å². The highest BCUT2D eigenvalue weighted by Crippen LogP contribution is 2.40. The Balaban J connectivity index is 0.976. The van der Waals surface area contributed by atoms with Gasteiger partial charge in [-0.15, -0.1) is 0 Å². The number of pyridine rings is 1. The summed E-state index contributed by atoms with van der Waals surface area (Å²) in [6.07, 6.45) is 2.25. The smallest absolute Gasteiger partial charge is 0.328 e. The van der Waals surface area contributed by atoms with Crippen molar-refractivity contribution in [2.45, 2.75) is 51.4 Å². The number of nitrogens with zero attached hydrogens (tertiary/aromatic N) is 1. The van der Waals surface area contributed by atoms with Crippen LogP contribution in [0.15, 0.2) is 97.2 Å². The highest BCUT2D eigenvalue weighted by atomic mass is 35.5. The summed E-state index contributed by atoms with van der Waals surface area (Å²) < 4.78 is 23.5. The molecule has 0 unspecified atom stereocenters. The number of methoxy groups -OCH3 is 1. The van der Waals surface area contributed by atoms with Crippen molar-refractivity contribution in [2.24, 2.45) is 0 Å². The second-order valence-electron chi connectivity index (χ2n) is 12.8. The summed E-state index contributed by atoms with van der Waals surface area (Å²) in [4.78, 5) is 30.7. The number of carbonyl (C=O) groups excluding carboxylic acids is 2. The number of esters is 1. The molecule has 4 aromatic carbocycles. The van der Waals surface area contributed by atoms with Crippen molar-refractivity contribution < 1.29 is 28.5 Å². The number of ether oxygens (including phenoxy) is 4. The second kappa shape index (κ2) is 14.8. The Labute approximate surface area is 301 Å². The molecule has 0 aliphatic carbocycles. The fourth-order valence-electron chi connectivity index (χ4n) is 6.47. The summed E-state index contributed by atoms with van der Waals surface area (Å²) in [5.74, 6) is 1.88. The van der Waals surface area contributed by atoms with Crippen LogP contribution in [0.5, 0.6) is 23.0 Å². The fraction of sp³-hybridized carbons (Fsp3) is 0.244. The highest BCUT2D eigenvalue weighted by Gasteiger charge is 2.31. The van der Waals surface area contributed by atoms with Gasteiger partial charge in [-0.25, -0.2) is 4.79 Å². The number of aryl methyl sites for hydroxylation is 1. The van der Waals surface area contributed by atoms with Crippen LogP contribution >= 0.6 is 11.6 Å². The van der Waals surface area contributed by atoms with Crippen LogP contribution in [0.1, 0.15) is 39.6 Å². The van der Waals surface area contributed by atoms with Crippen LogP contribution in [0.4, 0.5) is 0 Å². The predicted molar refractivity (Wildman–Crippen MR) is 194 cm³/mol. The molecule has 51 heavy (non-hydrogen) atoms. The molecule has 0 bridgehead atoms. The lowest BCUT2D eigenvalue weighted by atomic mass is 9.94. The zero-order valence-electron chi connectivity index (χ0n) is 28.6. The topological polar surface area (TPSA) is 108 Å². The van der Waals surface area contributed by atoms with Gasteiger partial charge >= 0.3 is 5.97 Å². The van der Waals surface area contributed by atoms with E-state index in [1.807, 2.05) is 85.8 Å². The zero-order valence-corrected chi connectivity index (χ0v) is 29.3. The number of aromatic nitrogens is 1. The molecule has 5 aromatic rings. The van der Waals surface area contributed by atoms with Crippen molar-refractivity contribution in [3.05, 3.63) is 136 Å². The van der Waals surface area contributed by atoms with E-state index in [0.29, 0.717) is 54.0 Å². The Morgan fingerprint density at radius 3 is 2.51 bits per heavy atom. The SMILES string of the molecule is COC(=O)[C@H](Cc1ccc(-c2ccnc(C)c2C)cc1)NC(=O)[C@@H]1Cc2cc3c(cc2CN1)O[C@@H](c1ccc(Oc2cccc(Cl)c2)cc1)CO3. The van der Waals surface area contributed by atoms with E-state index < -0.39 is 18.1 Å². The first-order chi connectivity index (χ1) is 24.7. The molecular formula is C41H38ClN3O6. The summed E-state index contributed by atoms with van der Waals surface area (Å²) in [6.45, 7) is 4.85. The molecule has 0 saturated carbocycles. The molecule has 2 aliphatic heterocycles. The van der Waals surface area contributed by atoms with Gasteiger partial charge in [0.2, 0.25) is 5.91 Å². The van der Waals surface area contributed by atoms with Gasteiger partial charge in [0.15, 0.2) is 17.6 Å². The lowest BCUT2D eigenvalue weighted by Gasteiger charge is -2.31. The number of halogens is 1. The second-order valence-corrected chi connectivity index (χ2v) is 13.2. The first-order valence-corrected chi connectivity index (χ1v) is 17.2. The van der Waals surface area contributed by atoms with Crippen LogP contribution in [-0.4, -0.2) is 42.7 Å². The third-order valence-corrected chi connectivity index (χ3v) is 9.69. The zero-order chi connectivity index (χ0) is 35.5. The molecule has 3 atom stereocenters. The van der Waals surface area contributed by atoms with Crippen LogP contribution in [-0.2, 0) is 33.7 Å². The third kappa shape index (κ3) is 7.70. The van der Waals surface area contributed by atoms with E-state index in [1.54, 1.807) is 18.3 Å². The molecule has 0 spiro atoms. The van der Waals surface area contributed by atoms with E-state index in [4.69, 9.17) is 30.5 Å². The molecule has 0 radical (unpaired) electrons. The summed E-state index contributed by atoms with van der Waals surface area (Å²) in [5.41, 5.74) is 8.16. The average molecular weight is 704 g/mol. The number of rotatable bonds is 9. The Morgan fingerprint density at radius 2 is 1.75 bits per heavy atom. The van der Waals surface area contributed by atoms with Crippen molar-refractivity contribution in [1.29, 1.82) is 0 Å². The molecule has 9 nitrogen and oxygen atoms in total. The number of amides is 1. The van der Waals surface area contributed by atoms with Gasteiger partial charge in [-0.2, -0.15) is 0 Å². The molecule has 1 aromatic heterocycles. The Kier molecular flexibility index (Phi) is 9.92. The van der Waals surface area contributed by atoms with Crippen LogP contribution < -0.4 is 24.8 Å². The van der Waals surface area contributed by atoms with E-state index in [0.717, 1.165) is 44.6 Å². The fourth-order valence-corrected chi connectivity index (χ4v) is 6.65. The minimum atomic E-state index is -0.837. The van der Waals surface area contributed by atoms with Crippen molar-refractivity contribution in [1.82, 2.24) is 15.6 Å². The number of nitrogens with one attached hydrogen (secondary N) is 2. The van der Waals surface area contributed by atoms with Gasteiger partial charge in [-0.3, -0.25) is 9.78 Å². The average Bonchev–Trinajstić information content (AvgIpc) is 3.14. The first kappa shape index (κ1) is 34.1. The Bertz CT molecular complexity index is 2070. The summed E-state index contributed by atoms with van der Waals surface area (Å²) in [5, 5.41) is 6.87. The minimum absolute atomic E-state index is 0.270. The van der Waals surface area contributed by atoms with Gasteiger partial charge in [0.25, 0.3) is 0 Å². The lowest BCUT2D eigenvalue weighted by Crippen LogP contribution is -2.53. The van der Waals surface area contributed by atoms with Gasteiger partial charge in [0.05, 0.1) is 13.2 Å². The highest BCUT2D eigenvalue weighted by molar-refractivity contribution is 6.30. The number of benzene rings is 4. The number of hydrogen-bond donors (Lipinski definition) is 2. The van der Waals surface area contributed by atoms with E-state index in [-0.39, 0.29) is 12.0 Å². The quantitative estimate of drug-likeness (QED) is 0.155. The lowest BCUT2D eigenvalue weighted by molar-refractivity contribution is -0.145. The molecule has 2 N–H and O–H groups in total. The third-order valence-electron chi connectivity index (χ3n) is 9.45. The van der Waals surface area contributed by atoms with Crippen LogP contribution in [0.2, 0.25) is 5.02 Å². The van der Waals surface area contributed by atoms with Crippen LogP contribution in [0, 0.1) is 13.8 Å². The maximum Gasteiger partial charge on any atom is 0.328 e. The Hall–Kier alpha value is -5.38. The molecule has 3 heterocycles. The first-order valence-electron chi connectivity index (χ1n) is 16.9. The molecule has 2 aliphatic rings. The van der Waals surface area contributed by atoms with E-state index in [9.17, 15) is 9.59 Å². The van der Waals surface area contributed by atoms with Gasteiger partial charge in [0.1, 0.15) is 24.1 Å². The molecular weight excluding hydrogens is 666 g/mol. The maximum atomic E-state index is 13.5. The Morgan fingerprint density at radius 1 is 0.961 bits per heavy atom. The standard InChI is InChI=1S/C41H38ClN3O6/c1-24-25(2)43-16-15-34(24)27-9-7-26(8-10-27)17-36(41(47)48-3)45-40(46)35-18-29-19-37-38(20-30(29)22-44-35)51-39(23-49-37)28-11-13-32(14-12-28)50-33-6-4-5-31(42)21-33/h4-16,19-21,35-36,39,44H,17-18,22-23H2,1-3H3,(H,45,46)/t35-,36-,39+/m0/s1. The minimum Gasteiger partial charge on any atom is -0.485 e. The monoisotopic (exact) mass is 703 g/mol. The molecule has 7 rings (SSSR count). The summed E-state index contributed by atoms with van der Waals surface area (Å²) in [7, 11) is 1.33. The van der Waals surface area contributed by atoms with Crippen LogP contribution in [0.3, 0.4) is 0 Å². The molecule has 10 heteroatoms. The maximum absolute atomic E-state index is 13.5.